The molecule has 0 saturated carbocycles. The highest BCUT2D eigenvalue weighted by molar-refractivity contribution is 6.31. The average Bonchev–Trinajstić information content (AvgIpc) is 0.950. The summed E-state index contributed by atoms with van der Waals surface area (Å²) in [5, 5.41) is 26.6. The van der Waals surface area contributed by atoms with Gasteiger partial charge in [-0.05, 0) is 152 Å². The number of benzene rings is 4. The Morgan fingerprint density at radius 1 is 0.560 bits per heavy atom. The van der Waals surface area contributed by atoms with Crippen molar-refractivity contribution in [2.45, 2.75) is 181 Å². The molecule has 0 aromatic heterocycles. The van der Waals surface area contributed by atoms with Gasteiger partial charge in [-0.3, -0.25) is 38.4 Å². The number of morpholine rings is 1. The van der Waals surface area contributed by atoms with Gasteiger partial charge in [0, 0.05) is 92.8 Å². The van der Waals surface area contributed by atoms with Crippen LogP contribution in [0.2, 0.25) is 10.0 Å². The van der Waals surface area contributed by atoms with E-state index in [0.717, 1.165) is 33.4 Å². The molecule has 0 bridgehead atoms. The summed E-state index contributed by atoms with van der Waals surface area (Å²) in [5.74, 6) is -4.19. The zero-order valence-corrected chi connectivity index (χ0v) is 54.8. The summed E-state index contributed by atoms with van der Waals surface area (Å²) in [7, 11) is 0. The zero-order chi connectivity index (χ0) is 66.9. The van der Waals surface area contributed by atoms with Crippen LogP contribution in [0.4, 0.5) is 21.0 Å². The maximum Gasteiger partial charge on any atom is 0.407 e. The number of rotatable bonds is 20. The number of hydrogen-bond donors (Lipinski definition) is 7. The van der Waals surface area contributed by atoms with E-state index in [0.29, 0.717) is 34.5 Å². The number of alkyl carbamates (subject to hydrolysis) is 2. The Morgan fingerprint density at radius 2 is 0.934 bits per heavy atom. The highest BCUT2D eigenvalue weighted by Gasteiger charge is 2.39. The van der Waals surface area contributed by atoms with Crippen molar-refractivity contribution in [3.05, 3.63) is 128 Å². The van der Waals surface area contributed by atoms with Gasteiger partial charge in [0.2, 0.25) is 41.4 Å². The Bertz CT molecular complexity index is 3300. The van der Waals surface area contributed by atoms with E-state index in [4.69, 9.17) is 42.5 Å². The lowest BCUT2D eigenvalue weighted by Gasteiger charge is -2.37. The number of fused-ring (bicyclic) bond motifs is 2. The first kappa shape index (κ1) is 71.8. The Labute approximate surface area is 541 Å². The standard InChI is InChI=1S/C36H48ClN5O7.C30H37ClN4O7/c1-22-17-27(11-12-28(22)37)39-33(45)29(15-16-38-35(47)49-36(4,5)6)40-34(46)30-18-25-9-7-8-10-26(25)21-42(30)32(44)14-13-31(43)41-19-23(2)48-24(3)20-41;1-18-15-21(9-10-22(18)31)33-27(39)23(13-14-32-29(41)42-30(2,3)4)34-28(40)24-16-19-7-5-6-8-20(19)17-35(24)25(36)11-12-26(37)38/h7-12,17,23-24,29-30H,13-16,18-21H2,1-6H3,(H,38,47)(H,39,45)(H,40,46);5-10,15,23-24H,11-14,16-17H2,1-4H3,(H,32,41)(H,33,39)(H,34,40)(H,37,38)/t23-,24+,29-,30-;23-,24-/m00/s1. The summed E-state index contributed by atoms with van der Waals surface area (Å²) in [4.78, 5) is 135. The second kappa shape index (κ2) is 32.6. The molecule has 1 saturated heterocycles. The number of halogens is 2. The summed E-state index contributed by atoms with van der Waals surface area (Å²) in [5.41, 5.74) is 4.62. The summed E-state index contributed by atoms with van der Waals surface area (Å²) in [6, 6.07) is 20.9. The Morgan fingerprint density at radius 3 is 1.31 bits per heavy atom. The molecule has 7 N–H and O–H groups in total. The monoisotopic (exact) mass is 1300 g/mol. The minimum absolute atomic E-state index is 0.00658. The fourth-order valence-electron chi connectivity index (χ4n) is 10.5. The van der Waals surface area contributed by atoms with Gasteiger partial charge in [0.15, 0.2) is 0 Å². The molecule has 23 nitrogen and oxygen atoms in total. The van der Waals surface area contributed by atoms with Crippen LogP contribution < -0.4 is 31.9 Å². The number of hydrogen-bond acceptors (Lipinski definition) is 13. The van der Waals surface area contributed by atoms with Crippen molar-refractivity contribution in [3.63, 3.8) is 0 Å². The largest absolute Gasteiger partial charge is 0.481 e. The molecule has 3 aliphatic heterocycles. The van der Waals surface area contributed by atoms with E-state index in [2.05, 4.69) is 31.9 Å². The summed E-state index contributed by atoms with van der Waals surface area (Å²) in [6.07, 6.45) is -1.69. The predicted octanol–water partition coefficient (Wildman–Crippen LogP) is 8.16. The Kier molecular flexibility index (Phi) is 25.8. The van der Waals surface area contributed by atoms with Crippen molar-refractivity contribution < 1.29 is 67.3 Å². The molecular weight excluding hydrogens is 1210 g/mol. The molecule has 4 aromatic carbocycles. The molecule has 91 heavy (non-hydrogen) atoms. The van der Waals surface area contributed by atoms with Crippen LogP contribution in [-0.4, -0.2) is 153 Å². The van der Waals surface area contributed by atoms with E-state index in [1.165, 1.54) is 9.80 Å². The first-order valence-electron chi connectivity index (χ1n) is 30.4. The quantitative estimate of drug-likeness (QED) is 0.0439. The van der Waals surface area contributed by atoms with E-state index in [-0.39, 0.29) is 102 Å². The smallest absolute Gasteiger partial charge is 0.407 e. The van der Waals surface area contributed by atoms with Crippen LogP contribution in [0.5, 0.6) is 0 Å². The Balaban J connectivity index is 0.000000293. The molecule has 0 radical (unpaired) electrons. The number of carboxylic acids is 1. The number of carbonyl (C=O) groups excluding carboxylic acids is 9. The van der Waals surface area contributed by atoms with E-state index >= 15 is 0 Å². The lowest BCUT2D eigenvalue weighted by Crippen LogP contribution is -2.56. The second-order valence-electron chi connectivity index (χ2n) is 24.9. The van der Waals surface area contributed by atoms with Gasteiger partial charge in [0.05, 0.1) is 18.6 Å². The molecule has 3 aliphatic rings. The third-order valence-corrected chi connectivity index (χ3v) is 15.8. The van der Waals surface area contributed by atoms with Crippen molar-refractivity contribution in [3.8, 4) is 0 Å². The molecule has 1 fully saturated rings. The molecular formula is C66H85Cl2N9O14. The highest BCUT2D eigenvalue weighted by atomic mass is 35.5. The number of carbonyl (C=O) groups is 10. The molecule has 7 rings (SSSR count). The maximum absolute atomic E-state index is 14.0. The topological polar surface area (TPSA) is 301 Å². The number of aryl methyl sites for hydroxylation is 2. The van der Waals surface area contributed by atoms with Gasteiger partial charge >= 0.3 is 18.2 Å². The third-order valence-electron chi connectivity index (χ3n) is 14.9. The normalized spacial score (nSPS) is 17.6. The van der Waals surface area contributed by atoms with Crippen LogP contribution in [0.15, 0.2) is 84.9 Å². The molecule has 0 aliphatic carbocycles. The van der Waals surface area contributed by atoms with Crippen molar-refractivity contribution in [2.24, 2.45) is 0 Å². The van der Waals surface area contributed by atoms with Gasteiger partial charge < -0.3 is 65.9 Å². The third kappa shape index (κ3) is 22.6. The SMILES string of the molecule is Cc1cc(NC(=O)[C@H](CCNC(=O)OC(C)(C)C)NC(=O)[C@@H]2Cc3ccccc3CN2C(=O)CCC(=O)N2C[C@@H](C)O[C@@H](C)C2)ccc1Cl.Cc1cc(NC(=O)[C@H](CCNC(=O)OC(C)(C)C)NC(=O)[C@@H]2Cc3ccccc3CN2C(=O)CCC(=O)O)ccc1Cl. The van der Waals surface area contributed by atoms with Crippen molar-refractivity contribution >= 4 is 94.1 Å². The van der Waals surface area contributed by atoms with Crippen molar-refractivity contribution in [1.29, 1.82) is 0 Å². The van der Waals surface area contributed by atoms with Crippen LogP contribution in [0.3, 0.4) is 0 Å². The van der Waals surface area contributed by atoms with Gasteiger partial charge in [-0.1, -0.05) is 71.7 Å². The molecule has 3 heterocycles. The van der Waals surface area contributed by atoms with Crippen LogP contribution >= 0.6 is 23.2 Å². The molecule has 0 unspecified atom stereocenters. The van der Waals surface area contributed by atoms with Crippen LogP contribution in [0.25, 0.3) is 0 Å². The number of anilines is 2. The lowest BCUT2D eigenvalue weighted by molar-refractivity contribution is -0.147. The van der Waals surface area contributed by atoms with Crippen LogP contribution in [0, 0.1) is 13.8 Å². The fourth-order valence-corrected chi connectivity index (χ4v) is 10.8. The molecule has 0 spiro atoms. The summed E-state index contributed by atoms with van der Waals surface area (Å²) < 4.78 is 16.3. The summed E-state index contributed by atoms with van der Waals surface area (Å²) in [6.45, 7) is 19.1. The summed E-state index contributed by atoms with van der Waals surface area (Å²) >= 11 is 12.3. The van der Waals surface area contributed by atoms with Gasteiger partial charge in [-0.25, -0.2) is 9.59 Å². The molecule has 6 atom stereocenters. The minimum Gasteiger partial charge on any atom is -0.481 e. The van der Waals surface area contributed by atoms with E-state index in [1.807, 2.05) is 69.3 Å². The number of aliphatic carboxylic acids is 1. The molecule has 492 valence electrons. The van der Waals surface area contributed by atoms with Crippen LogP contribution in [0.1, 0.15) is 127 Å². The number of nitrogens with zero attached hydrogens (tertiary/aromatic N) is 3. The molecule has 9 amide bonds. The van der Waals surface area contributed by atoms with E-state index in [1.54, 1.807) is 89.8 Å². The second-order valence-corrected chi connectivity index (χ2v) is 25.7. The predicted molar refractivity (Wildman–Crippen MR) is 343 cm³/mol. The lowest BCUT2D eigenvalue weighted by atomic mass is 9.92. The van der Waals surface area contributed by atoms with Crippen LogP contribution in [-0.2, 0) is 78.5 Å². The number of nitrogens with one attached hydrogen (secondary N) is 6. The van der Waals surface area contributed by atoms with Crippen molar-refractivity contribution in [1.82, 2.24) is 36.0 Å². The van der Waals surface area contributed by atoms with Gasteiger partial charge in [0.1, 0.15) is 35.4 Å². The number of ether oxygens (including phenoxy) is 3. The molecule has 25 heteroatoms. The van der Waals surface area contributed by atoms with Gasteiger partial charge in [-0.15, -0.1) is 0 Å². The number of amides is 9. The van der Waals surface area contributed by atoms with Gasteiger partial charge in [-0.2, -0.15) is 0 Å². The highest BCUT2D eigenvalue weighted by Crippen LogP contribution is 2.28. The number of carboxylic acid groups (broad SMARTS) is 1. The average molecular weight is 1300 g/mol. The first-order chi connectivity index (χ1) is 42.8. The van der Waals surface area contributed by atoms with E-state index in [9.17, 15) is 47.9 Å². The van der Waals surface area contributed by atoms with E-state index < -0.39 is 83.1 Å². The van der Waals surface area contributed by atoms with Gasteiger partial charge in [0.25, 0.3) is 0 Å². The minimum atomic E-state index is -1.12. The molecule has 4 aromatic rings. The van der Waals surface area contributed by atoms with Crippen molar-refractivity contribution in [2.75, 3.05) is 36.8 Å². The first-order valence-corrected chi connectivity index (χ1v) is 31.1. The fraction of sp³-hybridized carbons (Fsp3) is 0.485. The maximum atomic E-state index is 14.0. The zero-order valence-electron chi connectivity index (χ0n) is 53.3. The Hall–Kier alpha value is -8.28.